The van der Waals surface area contributed by atoms with E-state index in [0.29, 0.717) is 13.1 Å². The number of carbonyl (C=O) groups is 1. The van der Waals surface area contributed by atoms with Gasteiger partial charge in [-0.05, 0) is 19.4 Å². The summed E-state index contributed by atoms with van der Waals surface area (Å²) in [6.45, 7) is 1.54. The maximum Gasteiger partial charge on any atom is 0.239 e. The van der Waals surface area contributed by atoms with Crippen LogP contribution in [0.15, 0.2) is 0 Å². The first-order valence-corrected chi connectivity index (χ1v) is 4.44. The van der Waals surface area contributed by atoms with Crippen LogP contribution in [0.4, 0.5) is 0 Å². The number of ether oxygens (including phenoxy) is 1. The summed E-state index contributed by atoms with van der Waals surface area (Å²) in [4.78, 5) is 11.1. The van der Waals surface area contributed by atoms with E-state index in [2.05, 4.69) is 5.32 Å². The Labute approximate surface area is 78.8 Å². The van der Waals surface area contributed by atoms with E-state index in [1.165, 1.54) is 7.11 Å². The van der Waals surface area contributed by atoms with Crippen molar-refractivity contribution in [1.82, 2.24) is 5.32 Å². The SMILES string of the molecule is COCC(N)C(=O)NCCCCN. The molecule has 0 aliphatic carbocycles. The van der Waals surface area contributed by atoms with Crippen LogP contribution in [-0.2, 0) is 9.53 Å². The van der Waals surface area contributed by atoms with Gasteiger partial charge < -0.3 is 21.5 Å². The predicted octanol–water partition coefficient (Wildman–Crippen LogP) is -1.18. The summed E-state index contributed by atoms with van der Waals surface area (Å²) < 4.78 is 4.75. The number of nitrogens with two attached hydrogens (primary N) is 2. The van der Waals surface area contributed by atoms with Gasteiger partial charge in [-0.2, -0.15) is 0 Å². The zero-order valence-electron chi connectivity index (χ0n) is 8.08. The molecule has 0 saturated heterocycles. The van der Waals surface area contributed by atoms with Crippen molar-refractivity contribution in [2.45, 2.75) is 18.9 Å². The molecule has 0 heterocycles. The normalized spacial score (nSPS) is 12.5. The smallest absolute Gasteiger partial charge is 0.239 e. The summed E-state index contributed by atoms with van der Waals surface area (Å²) in [5.74, 6) is -0.168. The fraction of sp³-hybridized carbons (Fsp3) is 0.875. The maximum atomic E-state index is 11.1. The first-order valence-electron chi connectivity index (χ1n) is 4.44. The Morgan fingerprint density at radius 3 is 2.77 bits per heavy atom. The third-order valence-corrected chi connectivity index (χ3v) is 1.61. The molecule has 0 spiro atoms. The molecule has 0 aliphatic rings. The highest BCUT2D eigenvalue weighted by Gasteiger charge is 2.11. The number of hydrogen-bond acceptors (Lipinski definition) is 4. The minimum Gasteiger partial charge on any atom is -0.383 e. The Morgan fingerprint density at radius 1 is 1.54 bits per heavy atom. The molecular formula is C8H19N3O2. The van der Waals surface area contributed by atoms with Crippen LogP contribution in [0.25, 0.3) is 0 Å². The fourth-order valence-corrected chi connectivity index (χ4v) is 0.867. The molecule has 5 N–H and O–H groups in total. The maximum absolute atomic E-state index is 11.1. The number of rotatable bonds is 7. The molecule has 0 aliphatic heterocycles. The molecule has 5 heteroatoms. The van der Waals surface area contributed by atoms with Crippen LogP contribution < -0.4 is 16.8 Å². The minimum absolute atomic E-state index is 0.168. The van der Waals surface area contributed by atoms with Crippen molar-refractivity contribution in [1.29, 1.82) is 0 Å². The van der Waals surface area contributed by atoms with Crippen molar-refractivity contribution in [3.8, 4) is 0 Å². The van der Waals surface area contributed by atoms with E-state index >= 15 is 0 Å². The van der Waals surface area contributed by atoms with Crippen molar-refractivity contribution in [2.24, 2.45) is 11.5 Å². The third-order valence-electron chi connectivity index (χ3n) is 1.61. The molecule has 0 aromatic heterocycles. The first kappa shape index (κ1) is 12.3. The van der Waals surface area contributed by atoms with E-state index in [-0.39, 0.29) is 12.5 Å². The molecule has 5 nitrogen and oxygen atoms in total. The van der Waals surface area contributed by atoms with E-state index < -0.39 is 6.04 Å². The van der Waals surface area contributed by atoms with Gasteiger partial charge >= 0.3 is 0 Å². The second-order valence-corrected chi connectivity index (χ2v) is 2.85. The van der Waals surface area contributed by atoms with Gasteiger partial charge in [-0.25, -0.2) is 0 Å². The summed E-state index contributed by atoms with van der Waals surface area (Å²) in [6, 6.07) is -0.567. The topological polar surface area (TPSA) is 90.4 Å². The van der Waals surface area contributed by atoms with Crippen LogP contribution in [0, 0.1) is 0 Å². The Morgan fingerprint density at radius 2 is 2.23 bits per heavy atom. The molecule has 0 saturated carbocycles. The zero-order chi connectivity index (χ0) is 10.1. The van der Waals surface area contributed by atoms with Crippen molar-refractivity contribution in [3.63, 3.8) is 0 Å². The Balaban J connectivity index is 3.38. The fourth-order valence-electron chi connectivity index (χ4n) is 0.867. The molecule has 1 unspecified atom stereocenters. The van der Waals surface area contributed by atoms with Crippen LogP contribution in [0.3, 0.4) is 0 Å². The molecule has 0 fully saturated rings. The summed E-state index contributed by atoms with van der Waals surface area (Å²) in [5, 5.41) is 2.70. The second kappa shape index (κ2) is 7.97. The lowest BCUT2D eigenvalue weighted by Crippen LogP contribution is -2.43. The standard InChI is InChI=1S/C8H19N3O2/c1-13-6-7(10)8(12)11-5-3-2-4-9/h7H,2-6,9-10H2,1H3,(H,11,12). The van der Waals surface area contributed by atoms with Gasteiger partial charge in [-0.15, -0.1) is 0 Å². The molecule has 1 amide bonds. The number of nitrogens with one attached hydrogen (secondary N) is 1. The molecule has 13 heavy (non-hydrogen) atoms. The average molecular weight is 189 g/mol. The lowest BCUT2D eigenvalue weighted by Gasteiger charge is -2.10. The van der Waals surface area contributed by atoms with E-state index in [0.717, 1.165) is 12.8 Å². The number of unbranched alkanes of at least 4 members (excludes halogenated alkanes) is 1. The molecule has 1 atom stereocenters. The lowest BCUT2D eigenvalue weighted by atomic mass is 10.3. The highest BCUT2D eigenvalue weighted by atomic mass is 16.5. The molecule has 0 aromatic rings. The summed E-state index contributed by atoms with van der Waals surface area (Å²) in [5.41, 5.74) is 10.8. The number of methoxy groups -OCH3 is 1. The van der Waals surface area contributed by atoms with E-state index in [1.807, 2.05) is 0 Å². The average Bonchev–Trinajstić information content (AvgIpc) is 2.12. The van der Waals surface area contributed by atoms with Crippen LogP contribution in [0.5, 0.6) is 0 Å². The second-order valence-electron chi connectivity index (χ2n) is 2.85. The molecule has 0 radical (unpaired) electrons. The highest BCUT2D eigenvalue weighted by Crippen LogP contribution is 1.84. The van der Waals surface area contributed by atoms with Gasteiger partial charge in [0.25, 0.3) is 0 Å². The number of amides is 1. The molecule has 0 bridgehead atoms. The third kappa shape index (κ3) is 6.51. The number of hydrogen-bond donors (Lipinski definition) is 3. The molecule has 78 valence electrons. The van der Waals surface area contributed by atoms with Gasteiger partial charge in [-0.1, -0.05) is 0 Å². The van der Waals surface area contributed by atoms with Gasteiger partial charge in [0.05, 0.1) is 6.61 Å². The van der Waals surface area contributed by atoms with E-state index in [9.17, 15) is 4.79 Å². The highest BCUT2D eigenvalue weighted by molar-refractivity contribution is 5.81. The van der Waals surface area contributed by atoms with Gasteiger partial charge in [0, 0.05) is 13.7 Å². The quantitative estimate of drug-likeness (QED) is 0.439. The van der Waals surface area contributed by atoms with Crippen LogP contribution in [0.1, 0.15) is 12.8 Å². The van der Waals surface area contributed by atoms with Gasteiger partial charge in [-0.3, -0.25) is 4.79 Å². The molecule has 0 rings (SSSR count). The first-order chi connectivity index (χ1) is 6.22. The van der Waals surface area contributed by atoms with E-state index in [1.54, 1.807) is 0 Å². The van der Waals surface area contributed by atoms with Crippen molar-refractivity contribution >= 4 is 5.91 Å². The van der Waals surface area contributed by atoms with Gasteiger partial charge in [0.1, 0.15) is 6.04 Å². The lowest BCUT2D eigenvalue weighted by molar-refractivity contribution is -0.123. The predicted molar refractivity (Wildman–Crippen MR) is 51.1 cm³/mol. The van der Waals surface area contributed by atoms with Crippen molar-refractivity contribution in [2.75, 3.05) is 26.8 Å². The van der Waals surface area contributed by atoms with Crippen molar-refractivity contribution in [3.05, 3.63) is 0 Å². The zero-order valence-corrected chi connectivity index (χ0v) is 8.08. The van der Waals surface area contributed by atoms with Gasteiger partial charge in [0.15, 0.2) is 0 Å². The summed E-state index contributed by atoms with van der Waals surface area (Å²) in [6.07, 6.45) is 1.81. The van der Waals surface area contributed by atoms with E-state index in [4.69, 9.17) is 16.2 Å². The van der Waals surface area contributed by atoms with Crippen LogP contribution >= 0.6 is 0 Å². The van der Waals surface area contributed by atoms with Gasteiger partial charge in [0.2, 0.25) is 5.91 Å². The number of carbonyl (C=O) groups excluding carboxylic acids is 1. The Hall–Kier alpha value is -0.650. The van der Waals surface area contributed by atoms with Crippen LogP contribution in [-0.4, -0.2) is 38.8 Å². The Kier molecular flexibility index (Phi) is 7.57. The minimum atomic E-state index is -0.567. The monoisotopic (exact) mass is 189 g/mol. The molecule has 0 aromatic carbocycles. The van der Waals surface area contributed by atoms with Crippen LogP contribution in [0.2, 0.25) is 0 Å². The summed E-state index contributed by atoms with van der Waals surface area (Å²) in [7, 11) is 1.52. The summed E-state index contributed by atoms with van der Waals surface area (Å²) >= 11 is 0. The van der Waals surface area contributed by atoms with Crippen molar-refractivity contribution < 1.29 is 9.53 Å². The largest absolute Gasteiger partial charge is 0.383 e. The molecular weight excluding hydrogens is 170 g/mol. The Bertz CT molecular complexity index is 141.